The van der Waals surface area contributed by atoms with Gasteiger partial charge in [0.1, 0.15) is 6.26 Å². The van der Waals surface area contributed by atoms with Crippen molar-refractivity contribution in [1.29, 1.82) is 0 Å². The zero-order valence-corrected chi connectivity index (χ0v) is 10.5. The number of rotatable bonds is 3. The van der Waals surface area contributed by atoms with Gasteiger partial charge < -0.3 is 9.73 Å². The summed E-state index contributed by atoms with van der Waals surface area (Å²) in [6.45, 7) is 2.25. The molecule has 1 aromatic heterocycles. The fraction of sp³-hybridized carbons (Fsp3) is 0.786. The van der Waals surface area contributed by atoms with Crippen LogP contribution in [0, 0.1) is 5.92 Å². The Morgan fingerprint density at radius 2 is 1.94 bits per heavy atom. The predicted molar refractivity (Wildman–Crippen MR) is 67.0 cm³/mol. The molecule has 0 unspecified atom stereocenters. The number of hydrogen-bond donors (Lipinski definition) is 1. The molecule has 2 fully saturated rings. The Bertz CT molecular complexity index is 349. The van der Waals surface area contributed by atoms with Crippen molar-refractivity contribution in [1.82, 2.24) is 10.3 Å². The smallest absolute Gasteiger partial charge is 0.194 e. The van der Waals surface area contributed by atoms with Gasteiger partial charge in [-0.2, -0.15) is 0 Å². The van der Waals surface area contributed by atoms with Crippen molar-refractivity contribution < 1.29 is 4.42 Å². The van der Waals surface area contributed by atoms with Crippen molar-refractivity contribution in [2.24, 2.45) is 5.92 Å². The van der Waals surface area contributed by atoms with Crippen LogP contribution in [-0.4, -0.2) is 18.1 Å². The monoisotopic (exact) mass is 234 g/mol. The highest BCUT2D eigenvalue weighted by Gasteiger charge is 2.22. The van der Waals surface area contributed by atoms with Gasteiger partial charge in [-0.15, -0.1) is 0 Å². The van der Waals surface area contributed by atoms with Gasteiger partial charge in [-0.05, 0) is 31.8 Å². The van der Waals surface area contributed by atoms with Crippen LogP contribution in [0.25, 0.3) is 0 Å². The number of nitrogens with one attached hydrogen (secondary N) is 1. The third-order valence-corrected chi connectivity index (χ3v) is 4.17. The van der Waals surface area contributed by atoms with Gasteiger partial charge in [0, 0.05) is 12.3 Å². The third kappa shape index (κ3) is 2.71. The summed E-state index contributed by atoms with van der Waals surface area (Å²) in [5.41, 5.74) is 1.22. The maximum Gasteiger partial charge on any atom is 0.194 e. The minimum absolute atomic E-state index is 0.662. The molecule has 0 atom stereocenters. The Morgan fingerprint density at radius 1 is 1.18 bits per heavy atom. The zero-order chi connectivity index (χ0) is 11.5. The summed E-state index contributed by atoms with van der Waals surface area (Å²) in [6.07, 6.45) is 11.0. The summed E-state index contributed by atoms with van der Waals surface area (Å²) in [7, 11) is 0. The molecule has 2 heterocycles. The second-order valence-corrected chi connectivity index (χ2v) is 5.58. The summed E-state index contributed by atoms with van der Waals surface area (Å²) in [5.74, 6) is 2.36. The molecule has 1 saturated carbocycles. The molecule has 1 aromatic rings. The zero-order valence-electron chi connectivity index (χ0n) is 10.5. The molecule has 0 aromatic carbocycles. The lowest BCUT2D eigenvalue weighted by Gasteiger charge is -2.25. The first-order valence-corrected chi connectivity index (χ1v) is 7.07. The first-order chi connectivity index (χ1) is 8.42. The summed E-state index contributed by atoms with van der Waals surface area (Å²) < 4.78 is 5.63. The van der Waals surface area contributed by atoms with E-state index in [0.29, 0.717) is 5.92 Å². The van der Waals surface area contributed by atoms with E-state index in [1.54, 1.807) is 0 Å². The van der Waals surface area contributed by atoms with E-state index < -0.39 is 0 Å². The Hall–Kier alpha value is -0.830. The van der Waals surface area contributed by atoms with Gasteiger partial charge in [0.2, 0.25) is 0 Å². The highest BCUT2D eigenvalue weighted by Crippen LogP contribution is 2.31. The summed E-state index contributed by atoms with van der Waals surface area (Å²) in [4.78, 5) is 4.70. The Labute approximate surface area is 103 Å². The average Bonchev–Trinajstić information content (AvgIpc) is 2.57. The topological polar surface area (TPSA) is 38.1 Å². The van der Waals surface area contributed by atoms with Crippen LogP contribution in [0.2, 0.25) is 0 Å². The molecule has 3 heteroatoms. The summed E-state index contributed by atoms with van der Waals surface area (Å²) >= 11 is 0. The van der Waals surface area contributed by atoms with Crippen LogP contribution in [-0.2, 0) is 6.42 Å². The molecule has 0 bridgehead atoms. The van der Waals surface area contributed by atoms with Crippen LogP contribution in [0.15, 0.2) is 10.7 Å². The maximum absolute atomic E-state index is 5.63. The molecule has 3 nitrogen and oxygen atoms in total. The largest absolute Gasteiger partial charge is 0.449 e. The van der Waals surface area contributed by atoms with Crippen molar-refractivity contribution in [3.63, 3.8) is 0 Å². The molecular weight excluding hydrogens is 212 g/mol. The molecule has 1 saturated heterocycles. The van der Waals surface area contributed by atoms with Gasteiger partial charge in [0.15, 0.2) is 5.89 Å². The number of hydrogen-bond acceptors (Lipinski definition) is 3. The minimum Gasteiger partial charge on any atom is -0.449 e. The normalized spacial score (nSPS) is 23.3. The maximum atomic E-state index is 5.63. The molecule has 3 rings (SSSR count). The van der Waals surface area contributed by atoms with E-state index in [1.165, 1.54) is 44.2 Å². The highest BCUT2D eigenvalue weighted by atomic mass is 16.3. The minimum atomic E-state index is 0.662. The lowest BCUT2D eigenvalue weighted by molar-refractivity contribution is 0.318. The molecule has 1 N–H and O–H groups in total. The first-order valence-electron chi connectivity index (χ1n) is 7.07. The van der Waals surface area contributed by atoms with Crippen LogP contribution in [0.4, 0.5) is 0 Å². The summed E-state index contributed by atoms with van der Waals surface area (Å²) in [6, 6.07) is 0. The van der Waals surface area contributed by atoms with Crippen LogP contribution in [0.5, 0.6) is 0 Å². The van der Waals surface area contributed by atoms with Gasteiger partial charge in [-0.1, -0.05) is 25.7 Å². The molecule has 2 aliphatic rings. The lowest BCUT2D eigenvalue weighted by atomic mass is 9.97. The average molecular weight is 234 g/mol. The van der Waals surface area contributed by atoms with Gasteiger partial charge in [0.05, 0.1) is 5.69 Å². The van der Waals surface area contributed by atoms with Crippen molar-refractivity contribution in [3.05, 3.63) is 17.8 Å². The number of aromatic nitrogens is 1. The van der Waals surface area contributed by atoms with E-state index in [4.69, 9.17) is 9.40 Å². The standard InChI is InChI=1S/C14H22N2O/c1-2-4-6-12(5-3-1)13-10-17-14(16-13)7-11-8-15-9-11/h10-12,15H,1-9H2. The van der Waals surface area contributed by atoms with Gasteiger partial charge >= 0.3 is 0 Å². The van der Waals surface area contributed by atoms with E-state index in [1.807, 2.05) is 6.26 Å². The van der Waals surface area contributed by atoms with Crippen LogP contribution in [0.1, 0.15) is 56.0 Å². The fourth-order valence-corrected chi connectivity index (χ4v) is 2.92. The first kappa shape index (κ1) is 11.3. The van der Waals surface area contributed by atoms with Gasteiger partial charge in [0.25, 0.3) is 0 Å². The van der Waals surface area contributed by atoms with Gasteiger partial charge in [-0.25, -0.2) is 4.98 Å². The molecule has 0 radical (unpaired) electrons. The quantitative estimate of drug-likeness (QED) is 0.817. The van der Waals surface area contributed by atoms with Crippen LogP contribution >= 0.6 is 0 Å². The van der Waals surface area contributed by atoms with E-state index >= 15 is 0 Å². The molecule has 94 valence electrons. The highest BCUT2D eigenvalue weighted by molar-refractivity contribution is 5.05. The Balaban J connectivity index is 1.61. The fourth-order valence-electron chi connectivity index (χ4n) is 2.92. The Kier molecular flexibility index (Phi) is 3.46. The van der Waals surface area contributed by atoms with Crippen molar-refractivity contribution in [2.75, 3.05) is 13.1 Å². The molecular formula is C14H22N2O. The number of nitrogens with zero attached hydrogens (tertiary/aromatic N) is 1. The molecule has 17 heavy (non-hydrogen) atoms. The third-order valence-electron chi connectivity index (χ3n) is 4.17. The van der Waals surface area contributed by atoms with Crippen molar-refractivity contribution in [3.8, 4) is 0 Å². The lowest BCUT2D eigenvalue weighted by Crippen LogP contribution is -2.43. The van der Waals surface area contributed by atoms with E-state index in [0.717, 1.165) is 31.3 Å². The molecule has 1 aliphatic heterocycles. The number of oxazole rings is 1. The SMILES string of the molecule is c1oc(CC2CNC2)nc1C1CCCCCC1. The predicted octanol–water partition coefficient (Wildman–Crippen LogP) is 2.87. The van der Waals surface area contributed by atoms with E-state index in [-0.39, 0.29) is 0 Å². The van der Waals surface area contributed by atoms with E-state index in [9.17, 15) is 0 Å². The van der Waals surface area contributed by atoms with Crippen molar-refractivity contribution >= 4 is 0 Å². The Morgan fingerprint density at radius 3 is 2.59 bits per heavy atom. The molecule has 0 spiro atoms. The van der Waals surface area contributed by atoms with Crippen LogP contribution < -0.4 is 5.32 Å². The molecule has 0 amide bonds. The van der Waals surface area contributed by atoms with E-state index in [2.05, 4.69) is 5.32 Å². The second-order valence-electron chi connectivity index (χ2n) is 5.58. The van der Waals surface area contributed by atoms with Crippen LogP contribution in [0.3, 0.4) is 0 Å². The van der Waals surface area contributed by atoms with Crippen molar-refractivity contribution in [2.45, 2.75) is 50.9 Å². The second kappa shape index (κ2) is 5.21. The summed E-state index contributed by atoms with van der Waals surface area (Å²) in [5, 5.41) is 3.29. The van der Waals surface area contributed by atoms with Gasteiger partial charge in [-0.3, -0.25) is 0 Å². The molecule has 1 aliphatic carbocycles.